The molecular weight excluding hydrogens is 266 g/mol. The van der Waals surface area contributed by atoms with Crippen molar-refractivity contribution in [2.75, 3.05) is 24.6 Å². The first-order valence-corrected chi connectivity index (χ1v) is 7.52. The van der Waals surface area contributed by atoms with Crippen molar-refractivity contribution in [3.63, 3.8) is 0 Å². The molecule has 0 aromatic carbocycles. The van der Waals surface area contributed by atoms with Crippen LogP contribution in [-0.2, 0) is 14.9 Å². The fraction of sp³-hybridized carbons (Fsp3) is 0.688. The van der Waals surface area contributed by atoms with Gasteiger partial charge in [-0.05, 0) is 26.3 Å². The second-order valence-electron chi connectivity index (χ2n) is 6.94. The van der Waals surface area contributed by atoms with Crippen LogP contribution in [0.5, 0.6) is 0 Å². The van der Waals surface area contributed by atoms with Gasteiger partial charge in [0.15, 0.2) is 0 Å². The molecule has 116 valence electrons. The molecular formula is C16H25N3O2. The summed E-state index contributed by atoms with van der Waals surface area (Å²) in [5.41, 5.74) is -0.525. The summed E-state index contributed by atoms with van der Waals surface area (Å²) >= 11 is 0. The SMILES string of the molecule is CCOC(=O)C1(C)CCN(c2ccnc(C(C)(C)C)n2)C1. The molecule has 0 radical (unpaired) electrons. The van der Waals surface area contributed by atoms with Crippen molar-refractivity contribution in [1.82, 2.24) is 9.97 Å². The number of esters is 1. The van der Waals surface area contributed by atoms with Crippen LogP contribution in [0.2, 0.25) is 0 Å². The third-order valence-electron chi connectivity index (χ3n) is 3.88. The Labute approximate surface area is 126 Å². The van der Waals surface area contributed by atoms with Crippen LogP contribution in [0.25, 0.3) is 0 Å². The van der Waals surface area contributed by atoms with Gasteiger partial charge in [0.25, 0.3) is 0 Å². The quantitative estimate of drug-likeness (QED) is 0.801. The normalized spacial score (nSPS) is 22.4. The van der Waals surface area contributed by atoms with Crippen molar-refractivity contribution in [3.05, 3.63) is 18.1 Å². The van der Waals surface area contributed by atoms with Crippen molar-refractivity contribution in [3.8, 4) is 0 Å². The van der Waals surface area contributed by atoms with Gasteiger partial charge in [0.05, 0.1) is 12.0 Å². The molecule has 1 aliphatic heterocycles. The van der Waals surface area contributed by atoms with Gasteiger partial charge in [-0.25, -0.2) is 9.97 Å². The van der Waals surface area contributed by atoms with Crippen LogP contribution in [0.15, 0.2) is 12.3 Å². The smallest absolute Gasteiger partial charge is 0.313 e. The molecule has 0 amide bonds. The van der Waals surface area contributed by atoms with Crippen molar-refractivity contribution in [2.24, 2.45) is 5.41 Å². The third kappa shape index (κ3) is 3.34. The zero-order valence-corrected chi connectivity index (χ0v) is 13.6. The molecule has 0 bridgehead atoms. The number of ether oxygens (including phenoxy) is 1. The summed E-state index contributed by atoms with van der Waals surface area (Å²) in [6.07, 6.45) is 2.59. The first kappa shape index (κ1) is 15.7. The van der Waals surface area contributed by atoms with E-state index >= 15 is 0 Å². The van der Waals surface area contributed by atoms with E-state index in [1.807, 2.05) is 19.9 Å². The molecule has 5 nitrogen and oxygen atoms in total. The van der Waals surface area contributed by atoms with Gasteiger partial charge in [0.1, 0.15) is 11.6 Å². The average Bonchev–Trinajstić information content (AvgIpc) is 2.82. The largest absolute Gasteiger partial charge is 0.466 e. The highest BCUT2D eigenvalue weighted by Crippen LogP contribution is 2.34. The van der Waals surface area contributed by atoms with E-state index in [2.05, 4.69) is 35.6 Å². The Balaban J connectivity index is 2.17. The van der Waals surface area contributed by atoms with E-state index in [9.17, 15) is 4.79 Å². The van der Waals surface area contributed by atoms with Crippen LogP contribution in [0, 0.1) is 5.41 Å². The molecule has 0 saturated carbocycles. The van der Waals surface area contributed by atoms with Crippen LogP contribution >= 0.6 is 0 Å². The van der Waals surface area contributed by atoms with Gasteiger partial charge in [0.2, 0.25) is 0 Å². The predicted octanol–water partition coefficient (Wildman–Crippen LogP) is 2.55. The van der Waals surface area contributed by atoms with Gasteiger partial charge >= 0.3 is 5.97 Å². The van der Waals surface area contributed by atoms with Gasteiger partial charge in [-0.1, -0.05) is 20.8 Å². The van der Waals surface area contributed by atoms with Crippen molar-refractivity contribution in [2.45, 2.75) is 46.5 Å². The lowest BCUT2D eigenvalue weighted by Crippen LogP contribution is -2.34. The maximum atomic E-state index is 12.1. The first-order chi connectivity index (χ1) is 9.76. The Bertz CT molecular complexity index is 524. The number of hydrogen-bond acceptors (Lipinski definition) is 5. The van der Waals surface area contributed by atoms with Gasteiger partial charge < -0.3 is 9.64 Å². The minimum Gasteiger partial charge on any atom is -0.466 e. The summed E-state index contributed by atoms with van der Waals surface area (Å²) in [5, 5.41) is 0. The van der Waals surface area contributed by atoms with E-state index in [1.165, 1.54) is 0 Å². The molecule has 0 aliphatic carbocycles. The van der Waals surface area contributed by atoms with E-state index in [0.717, 1.165) is 24.6 Å². The fourth-order valence-electron chi connectivity index (χ4n) is 2.52. The Kier molecular flexibility index (Phi) is 4.21. The topological polar surface area (TPSA) is 55.3 Å². The molecule has 2 heterocycles. The first-order valence-electron chi connectivity index (χ1n) is 7.52. The summed E-state index contributed by atoms with van der Waals surface area (Å²) in [7, 11) is 0. The molecule has 1 saturated heterocycles. The number of anilines is 1. The second kappa shape index (κ2) is 5.62. The number of rotatable bonds is 3. The Hall–Kier alpha value is -1.65. The molecule has 0 N–H and O–H groups in total. The zero-order valence-electron chi connectivity index (χ0n) is 13.6. The maximum Gasteiger partial charge on any atom is 0.313 e. The molecule has 2 rings (SSSR count). The summed E-state index contributed by atoms with van der Waals surface area (Å²) in [6.45, 7) is 12.0. The highest BCUT2D eigenvalue weighted by Gasteiger charge is 2.42. The Morgan fingerprint density at radius 2 is 2.19 bits per heavy atom. The molecule has 1 aromatic rings. The summed E-state index contributed by atoms with van der Waals surface area (Å²) < 4.78 is 5.19. The summed E-state index contributed by atoms with van der Waals surface area (Å²) in [4.78, 5) is 23.2. The van der Waals surface area contributed by atoms with Crippen LogP contribution < -0.4 is 4.90 Å². The monoisotopic (exact) mass is 291 g/mol. The minimum absolute atomic E-state index is 0.0832. The average molecular weight is 291 g/mol. The number of carbonyl (C=O) groups is 1. The lowest BCUT2D eigenvalue weighted by molar-refractivity contribution is -0.153. The lowest BCUT2D eigenvalue weighted by Gasteiger charge is -2.24. The summed E-state index contributed by atoms with van der Waals surface area (Å²) in [6, 6.07) is 1.91. The Morgan fingerprint density at radius 3 is 2.81 bits per heavy atom. The molecule has 0 spiro atoms. The summed E-state index contributed by atoms with van der Waals surface area (Å²) in [5.74, 6) is 1.60. The van der Waals surface area contributed by atoms with E-state index in [-0.39, 0.29) is 11.4 Å². The number of nitrogens with zero attached hydrogens (tertiary/aromatic N) is 3. The second-order valence-corrected chi connectivity index (χ2v) is 6.94. The molecule has 5 heteroatoms. The zero-order chi connectivity index (χ0) is 15.7. The van der Waals surface area contributed by atoms with Gasteiger partial charge in [-0.3, -0.25) is 4.79 Å². The Morgan fingerprint density at radius 1 is 1.48 bits per heavy atom. The molecule has 21 heavy (non-hydrogen) atoms. The van der Waals surface area contributed by atoms with Gasteiger partial charge in [0, 0.05) is 24.7 Å². The van der Waals surface area contributed by atoms with E-state index < -0.39 is 5.41 Å². The molecule has 1 aliphatic rings. The van der Waals surface area contributed by atoms with Gasteiger partial charge in [-0.2, -0.15) is 0 Å². The molecule has 1 fully saturated rings. The number of hydrogen-bond donors (Lipinski definition) is 0. The third-order valence-corrected chi connectivity index (χ3v) is 3.88. The number of aromatic nitrogens is 2. The highest BCUT2D eigenvalue weighted by atomic mass is 16.5. The standard InChI is InChI=1S/C16H25N3O2/c1-6-21-14(20)16(5)8-10-19(11-16)12-7-9-17-13(18-12)15(2,3)4/h7,9H,6,8,10-11H2,1-5H3. The van der Waals surface area contributed by atoms with Crippen LogP contribution in [0.3, 0.4) is 0 Å². The fourth-order valence-corrected chi connectivity index (χ4v) is 2.52. The maximum absolute atomic E-state index is 12.1. The van der Waals surface area contributed by atoms with Crippen molar-refractivity contribution >= 4 is 11.8 Å². The van der Waals surface area contributed by atoms with Crippen molar-refractivity contribution < 1.29 is 9.53 Å². The highest BCUT2D eigenvalue weighted by molar-refractivity contribution is 5.78. The van der Waals surface area contributed by atoms with E-state index in [0.29, 0.717) is 13.2 Å². The number of carbonyl (C=O) groups excluding carboxylic acids is 1. The molecule has 1 atom stereocenters. The van der Waals surface area contributed by atoms with Crippen molar-refractivity contribution in [1.29, 1.82) is 0 Å². The van der Waals surface area contributed by atoms with Gasteiger partial charge in [-0.15, -0.1) is 0 Å². The van der Waals surface area contributed by atoms with E-state index in [4.69, 9.17) is 4.74 Å². The van der Waals surface area contributed by atoms with Crippen LogP contribution in [0.4, 0.5) is 5.82 Å². The van der Waals surface area contributed by atoms with E-state index in [1.54, 1.807) is 6.20 Å². The lowest BCUT2D eigenvalue weighted by atomic mass is 9.90. The molecule has 1 unspecified atom stereocenters. The minimum atomic E-state index is -0.442. The predicted molar refractivity (Wildman–Crippen MR) is 82.3 cm³/mol. The van der Waals surface area contributed by atoms with Crippen LogP contribution in [-0.4, -0.2) is 35.6 Å². The molecule has 1 aromatic heterocycles. The van der Waals surface area contributed by atoms with Crippen LogP contribution in [0.1, 0.15) is 46.9 Å².